The molecular weight excluding hydrogens is 255 g/mol. The van der Waals surface area contributed by atoms with E-state index < -0.39 is 24.4 Å². The van der Waals surface area contributed by atoms with Crippen molar-refractivity contribution >= 4 is 22.9 Å². The van der Waals surface area contributed by atoms with Crippen LogP contribution in [0.5, 0.6) is 0 Å². The Bertz CT molecular complexity index is 632. The SMILES string of the molecule is Nc1nc(N)c2ncn([C@@H]3C[C@@H](F)[C@@H](O)[C@H]3O)c2n1. The predicted octanol–water partition coefficient (Wildman–Crippen LogP) is -1.00. The highest BCUT2D eigenvalue weighted by molar-refractivity contribution is 5.82. The molecule has 2 aromatic heterocycles. The van der Waals surface area contributed by atoms with Crippen molar-refractivity contribution in [2.45, 2.75) is 30.8 Å². The maximum Gasteiger partial charge on any atom is 0.224 e. The number of alkyl halides is 1. The van der Waals surface area contributed by atoms with Gasteiger partial charge in [-0.15, -0.1) is 0 Å². The minimum absolute atomic E-state index is 0.0302. The van der Waals surface area contributed by atoms with Crippen LogP contribution in [0.4, 0.5) is 16.2 Å². The van der Waals surface area contributed by atoms with E-state index in [0.29, 0.717) is 11.2 Å². The van der Waals surface area contributed by atoms with Gasteiger partial charge in [-0.05, 0) is 0 Å². The number of nitrogens with zero attached hydrogens (tertiary/aromatic N) is 4. The maximum atomic E-state index is 13.4. The quantitative estimate of drug-likeness (QED) is 0.520. The number of hydrogen-bond acceptors (Lipinski definition) is 7. The van der Waals surface area contributed by atoms with Crippen molar-refractivity contribution in [1.82, 2.24) is 19.5 Å². The molecule has 0 aromatic carbocycles. The number of rotatable bonds is 1. The van der Waals surface area contributed by atoms with Crippen LogP contribution in [0.15, 0.2) is 6.33 Å². The fraction of sp³-hybridized carbons (Fsp3) is 0.500. The molecule has 2 aromatic rings. The number of imidazole rings is 1. The van der Waals surface area contributed by atoms with E-state index in [1.54, 1.807) is 0 Å². The average Bonchev–Trinajstić information content (AvgIpc) is 2.86. The van der Waals surface area contributed by atoms with Crippen LogP contribution in [-0.2, 0) is 0 Å². The lowest BCUT2D eigenvalue weighted by Gasteiger charge is -2.17. The molecule has 0 radical (unpaired) electrons. The van der Waals surface area contributed by atoms with Gasteiger partial charge in [0.2, 0.25) is 5.95 Å². The maximum absolute atomic E-state index is 13.4. The molecule has 0 bridgehead atoms. The molecule has 0 spiro atoms. The van der Waals surface area contributed by atoms with Gasteiger partial charge < -0.3 is 26.2 Å². The van der Waals surface area contributed by atoms with Gasteiger partial charge in [-0.2, -0.15) is 9.97 Å². The molecule has 1 saturated carbocycles. The zero-order chi connectivity index (χ0) is 13.7. The van der Waals surface area contributed by atoms with Crippen molar-refractivity contribution in [2.24, 2.45) is 0 Å². The highest BCUT2D eigenvalue weighted by Gasteiger charge is 2.43. The van der Waals surface area contributed by atoms with Crippen LogP contribution in [0, 0.1) is 0 Å². The standard InChI is InChI=1S/C10H13FN6O2/c11-3-1-4(7(19)6(3)18)17-2-14-5-8(12)15-10(13)16-9(5)17/h2-4,6-7,18-19H,1H2,(H4,12,13,15,16)/t3-,4-,6-,7+/m1/s1. The number of anilines is 2. The zero-order valence-electron chi connectivity index (χ0n) is 9.81. The summed E-state index contributed by atoms with van der Waals surface area (Å²) in [5, 5.41) is 19.3. The first-order chi connectivity index (χ1) is 8.99. The first-order valence-electron chi connectivity index (χ1n) is 5.74. The van der Waals surface area contributed by atoms with Crippen LogP contribution in [0.2, 0.25) is 0 Å². The minimum Gasteiger partial charge on any atom is -0.388 e. The molecule has 0 aliphatic heterocycles. The number of aliphatic hydroxyl groups excluding tert-OH is 2. The third-order valence-electron chi connectivity index (χ3n) is 3.40. The van der Waals surface area contributed by atoms with E-state index in [-0.39, 0.29) is 18.2 Å². The van der Waals surface area contributed by atoms with E-state index in [1.807, 2.05) is 0 Å². The van der Waals surface area contributed by atoms with Crippen LogP contribution >= 0.6 is 0 Å². The fourth-order valence-corrected chi connectivity index (χ4v) is 2.43. The van der Waals surface area contributed by atoms with Gasteiger partial charge in [0.05, 0.1) is 12.4 Å². The van der Waals surface area contributed by atoms with E-state index in [4.69, 9.17) is 11.5 Å². The highest BCUT2D eigenvalue weighted by atomic mass is 19.1. The van der Waals surface area contributed by atoms with Gasteiger partial charge in [0.15, 0.2) is 11.5 Å². The first kappa shape index (κ1) is 12.1. The lowest BCUT2D eigenvalue weighted by Crippen LogP contribution is -2.29. The molecule has 1 aliphatic rings. The lowest BCUT2D eigenvalue weighted by molar-refractivity contribution is -0.000963. The van der Waals surface area contributed by atoms with Crippen molar-refractivity contribution in [1.29, 1.82) is 0 Å². The summed E-state index contributed by atoms with van der Waals surface area (Å²) in [7, 11) is 0. The van der Waals surface area contributed by atoms with Crippen LogP contribution < -0.4 is 11.5 Å². The zero-order valence-corrected chi connectivity index (χ0v) is 9.81. The van der Waals surface area contributed by atoms with Crippen LogP contribution in [-0.4, -0.2) is 48.1 Å². The van der Waals surface area contributed by atoms with Gasteiger partial charge in [-0.1, -0.05) is 0 Å². The van der Waals surface area contributed by atoms with Crippen molar-refractivity contribution in [3.63, 3.8) is 0 Å². The van der Waals surface area contributed by atoms with Crippen LogP contribution in [0.25, 0.3) is 11.2 Å². The molecule has 0 amide bonds. The predicted molar refractivity (Wildman–Crippen MR) is 64.7 cm³/mol. The Morgan fingerprint density at radius 2 is 2.00 bits per heavy atom. The second kappa shape index (κ2) is 4.00. The van der Waals surface area contributed by atoms with E-state index >= 15 is 0 Å². The number of aromatic nitrogens is 4. The minimum atomic E-state index is -1.49. The third-order valence-corrected chi connectivity index (χ3v) is 3.40. The Balaban J connectivity index is 2.11. The summed E-state index contributed by atoms with van der Waals surface area (Å²) < 4.78 is 14.9. The Labute approximate surface area is 106 Å². The molecule has 4 atom stereocenters. The smallest absolute Gasteiger partial charge is 0.224 e. The van der Waals surface area contributed by atoms with Gasteiger partial charge in [-0.25, -0.2) is 9.37 Å². The van der Waals surface area contributed by atoms with Crippen LogP contribution in [0.3, 0.4) is 0 Å². The summed E-state index contributed by atoms with van der Waals surface area (Å²) in [5.74, 6) is 0.0858. The molecule has 9 heteroatoms. The molecule has 0 saturated heterocycles. The van der Waals surface area contributed by atoms with Gasteiger partial charge in [0.1, 0.15) is 23.9 Å². The van der Waals surface area contributed by atoms with Gasteiger partial charge in [-0.3, -0.25) is 0 Å². The molecule has 1 aliphatic carbocycles. The largest absolute Gasteiger partial charge is 0.388 e. The summed E-state index contributed by atoms with van der Waals surface area (Å²) in [4.78, 5) is 11.8. The number of hydrogen-bond donors (Lipinski definition) is 4. The number of halogens is 1. The monoisotopic (exact) mass is 268 g/mol. The first-order valence-corrected chi connectivity index (χ1v) is 5.74. The fourth-order valence-electron chi connectivity index (χ4n) is 2.43. The summed E-state index contributed by atoms with van der Waals surface area (Å²) in [6.45, 7) is 0. The summed E-state index contributed by atoms with van der Waals surface area (Å²) >= 11 is 0. The Kier molecular flexibility index (Phi) is 2.54. The topological polar surface area (TPSA) is 136 Å². The molecule has 2 heterocycles. The van der Waals surface area contributed by atoms with E-state index in [1.165, 1.54) is 10.9 Å². The molecule has 1 fully saturated rings. The average molecular weight is 268 g/mol. The summed E-state index contributed by atoms with van der Waals surface area (Å²) in [6.07, 6.45) is -2.79. The van der Waals surface area contributed by atoms with Gasteiger partial charge in [0.25, 0.3) is 0 Å². The third kappa shape index (κ3) is 1.70. The second-order valence-electron chi connectivity index (χ2n) is 4.59. The molecule has 6 N–H and O–H groups in total. The number of nitrogen functional groups attached to an aromatic ring is 2. The molecule has 19 heavy (non-hydrogen) atoms. The van der Waals surface area contributed by atoms with Crippen LogP contribution in [0.1, 0.15) is 12.5 Å². The Morgan fingerprint density at radius 3 is 2.63 bits per heavy atom. The Morgan fingerprint density at radius 1 is 1.26 bits per heavy atom. The number of nitrogens with two attached hydrogens (primary N) is 2. The van der Waals surface area contributed by atoms with Crippen molar-refractivity contribution < 1.29 is 14.6 Å². The summed E-state index contributed by atoms with van der Waals surface area (Å²) in [5.41, 5.74) is 11.8. The summed E-state index contributed by atoms with van der Waals surface area (Å²) in [6, 6.07) is -0.663. The van der Waals surface area contributed by atoms with Crippen molar-refractivity contribution in [3.05, 3.63) is 6.33 Å². The van der Waals surface area contributed by atoms with Gasteiger partial charge >= 0.3 is 0 Å². The normalized spacial score (nSPS) is 31.1. The van der Waals surface area contributed by atoms with Gasteiger partial charge in [0, 0.05) is 6.42 Å². The van der Waals surface area contributed by atoms with Crippen molar-refractivity contribution in [3.8, 4) is 0 Å². The van der Waals surface area contributed by atoms with E-state index in [2.05, 4.69) is 15.0 Å². The van der Waals surface area contributed by atoms with E-state index in [9.17, 15) is 14.6 Å². The Hall–Kier alpha value is -2.00. The molecule has 3 rings (SSSR count). The number of aliphatic hydroxyl groups is 2. The van der Waals surface area contributed by atoms with Crippen molar-refractivity contribution in [2.75, 3.05) is 11.5 Å². The molecular formula is C10H13FN6O2. The highest BCUT2D eigenvalue weighted by Crippen LogP contribution is 2.35. The van der Waals surface area contributed by atoms with E-state index in [0.717, 1.165) is 0 Å². The lowest BCUT2D eigenvalue weighted by atomic mass is 10.2. The molecule has 8 nitrogen and oxygen atoms in total. The second-order valence-corrected chi connectivity index (χ2v) is 4.59. The molecule has 0 unspecified atom stereocenters. The number of fused-ring (bicyclic) bond motifs is 1. The molecule has 102 valence electrons.